The fourth-order valence-corrected chi connectivity index (χ4v) is 2.48. The number of hydrogen-bond donors (Lipinski definition) is 0. The molecule has 7 heteroatoms. The van der Waals surface area contributed by atoms with Gasteiger partial charge in [0.2, 0.25) is 0 Å². The molecule has 1 aliphatic rings. The standard InChI is InChI=1S/C21H24FNO5/c1-21(2,3)13-28-16-11-8-10-15(22)18(16)23-12-7-6-9-14(19(24)26-4)17(23)20(25)27-5/h6-12H,13H2,1-5H3. The molecule has 1 aromatic carbocycles. The van der Waals surface area contributed by atoms with Gasteiger partial charge in [-0.05, 0) is 29.7 Å². The Kier molecular flexibility index (Phi) is 6.62. The van der Waals surface area contributed by atoms with E-state index in [1.165, 1.54) is 43.5 Å². The summed E-state index contributed by atoms with van der Waals surface area (Å²) in [6.45, 7) is 6.27. The van der Waals surface area contributed by atoms with E-state index in [9.17, 15) is 14.0 Å². The Bertz CT molecular complexity index is 849. The zero-order chi connectivity index (χ0) is 20.9. The van der Waals surface area contributed by atoms with E-state index >= 15 is 0 Å². The Morgan fingerprint density at radius 1 is 1.07 bits per heavy atom. The monoisotopic (exact) mass is 389 g/mol. The second kappa shape index (κ2) is 8.73. The van der Waals surface area contributed by atoms with Crippen molar-refractivity contribution in [2.24, 2.45) is 5.41 Å². The molecule has 1 aliphatic heterocycles. The Balaban J connectivity index is 2.67. The molecular weight excluding hydrogens is 365 g/mol. The van der Waals surface area contributed by atoms with Gasteiger partial charge in [-0.3, -0.25) is 0 Å². The van der Waals surface area contributed by atoms with Crippen LogP contribution >= 0.6 is 0 Å². The van der Waals surface area contributed by atoms with Crippen molar-refractivity contribution in [1.82, 2.24) is 0 Å². The number of hydrogen-bond acceptors (Lipinski definition) is 6. The zero-order valence-electron chi connectivity index (χ0n) is 16.6. The lowest BCUT2D eigenvalue weighted by Crippen LogP contribution is -2.28. The molecule has 0 unspecified atom stereocenters. The van der Waals surface area contributed by atoms with E-state index in [1.807, 2.05) is 20.8 Å². The SMILES string of the molecule is COC(=O)C1=C(C(=O)OC)N(c2c(F)cccc2OCC(C)(C)C)C=CC=C1. The summed E-state index contributed by atoms with van der Waals surface area (Å²) in [5.41, 5.74) is -0.416. The van der Waals surface area contributed by atoms with E-state index in [-0.39, 0.29) is 28.1 Å². The summed E-state index contributed by atoms with van der Waals surface area (Å²) in [6.07, 6.45) is 5.98. The summed E-state index contributed by atoms with van der Waals surface area (Å²) in [5, 5.41) is 0. The van der Waals surface area contributed by atoms with Crippen LogP contribution < -0.4 is 9.64 Å². The second-order valence-electron chi connectivity index (χ2n) is 7.25. The Hall–Kier alpha value is -3.09. The molecule has 28 heavy (non-hydrogen) atoms. The number of para-hydroxylation sites is 1. The number of rotatable bonds is 5. The lowest BCUT2D eigenvalue weighted by molar-refractivity contribution is -0.139. The molecule has 1 aromatic rings. The van der Waals surface area contributed by atoms with E-state index < -0.39 is 17.8 Å². The second-order valence-corrected chi connectivity index (χ2v) is 7.25. The quantitative estimate of drug-likeness (QED) is 0.715. The van der Waals surface area contributed by atoms with E-state index in [4.69, 9.17) is 14.2 Å². The number of ether oxygens (including phenoxy) is 3. The first-order valence-electron chi connectivity index (χ1n) is 8.66. The Morgan fingerprint density at radius 2 is 1.75 bits per heavy atom. The predicted molar refractivity (Wildman–Crippen MR) is 103 cm³/mol. The minimum atomic E-state index is -0.818. The minimum absolute atomic E-state index is 0.00602. The summed E-state index contributed by atoms with van der Waals surface area (Å²) in [4.78, 5) is 26.0. The van der Waals surface area contributed by atoms with Crippen LogP contribution in [0.2, 0.25) is 0 Å². The van der Waals surface area contributed by atoms with E-state index in [2.05, 4.69) is 0 Å². The fraction of sp³-hybridized carbons (Fsp3) is 0.333. The molecule has 0 aliphatic carbocycles. The maximum absolute atomic E-state index is 14.9. The summed E-state index contributed by atoms with van der Waals surface area (Å²) in [7, 11) is 2.38. The Labute approximate surface area is 163 Å². The van der Waals surface area contributed by atoms with Crippen LogP contribution in [-0.2, 0) is 19.1 Å². The summed E-state index contributed by atoms with van der Waals surface area (Å²) in [6, 6.07) is 4.36. The van der Waals surface area contributed by atoms with Crippen molar-refractivity contribution >= 4 is 17.6 Å². The van der Waals surface area contributed by atoms with Crippen molar-refractivity contribution < 1.29 is 28.2 Å². The van der Waals surface area contributed by atoms with Crippen molar-refractivity contribution in [3.05, 3.63) is 59.7 Å². The highest BCUT2D eigenvalue weighted by atomic mass is 19.1. The number of halogens is 1. The third-order valence-electron chi connectivity index (χ3n) is 3.74. The maximum atomic E-state index is 14.9. The number of methoxy groups -OCH3 is 2. The van der Waals surface area contributed by atoms with Gasteiger partial charge in [-0.2, -0.15) is 0 Å². The molecule has 0 N–H and O–H groups in total. The number of carbonyl (C=O) groups is 2. The van der Waals surface area contributed by atoms with Crippen LogP contribution in [0.25, 0.3) is 0 Å². The topological polar surface area (TPSA) is 65.1 Å². The molecule has 0 bridgehead atoms. The van der Waals surface area contributed by atoms with E-state index in [1.54, 1.807) is 18.2 Å². The fourth-order valence-electron chi connectivity index (χ4n) is 2.48. The average Bonchev–Trinajstić information content (AvgIpc) is 2.87. The molecule has 0 atom stereocenters. The van der Waals surface area contributed by atoms with Crippen molar-refractivity contribution in [2.45, 2.75) is 20.8 Å². The molecule has 0 saturated carbocycles. The molecule has 0 radical (unpaired) electrons. The number of carbonyl (C=O) groups excluding carboxylic acids is 2. The molecule has 2 rings (SSSR count). The van der Waals surface area contributed by atoms with E-state index in [0.717, 1.165) is 0 Å². The van der Waals surface area contributed by atoms with Gasteiger partial charge in [0.05, 0.1) is 26.4 Å². The highest BCUT2D eigenvalue weighted by molar-refractivity contribution is 6.05. The highest BCUT2D eigenvalue weighted by Gasteiger charge is 2.30. The number of anilines is 1. The van der Waals surface area contributed by atoms with Gasteiger partial charge in [-0.15, -0.1) is 0 Å². The van der Waals surface area contributed by atoms with Gasteiger partial charge in [0.15, 0.2) is 5.82 Å². The average molecular weight is 389 g/mol. The molecular formula is C21H24FNO5. The van der Waals surface area contributed by atoms with Crippen LogP contribution in [0.4, 0.5) is 10.1 Å². The van der Waals surface area contributed by atoms with Gasteiger partial charge < -0.3 is 19.1 Å². The van der Waals surface area contributed by atoms with Gasteiger partial charge in [0.25, 0.3) is 0 Å². The molecule has 6 nitrogen and oxygen atoms in total. The van der Waals surface area contributed by atoms with E-state index in [0.29, 0.717) is 6.61 Å². The third-order valence-corrected chi connectivity index (χ3v) is 3.74. The maximum Gasteiger partial charge on any atom is 0.355 e. The molecule has 0 amide bonds. The third kappa shape index (κ3) is 4.79. The minimum Gasteiger partial charge on any atom is -0.491 e. The normalized spacial score (nSPS) is 14.0. The summed E-state index contributed by atoms with van der Waals surface area (Å²) < 4.78 is 30.3. The zero-order valence-corrected chi connectivity index (χ0v) is 16.6. The van der Waals surface area contributed by atoms with Crippen LogP contribution in [0.3, 0.4) is 0 Å². The highest BCUT2D eigenvalue weighted by Crippen LogP contribution is 2.37. The van der Waals surface area contributed by atoms with Gasteiger partial charge >= 0.3 is 11.9 Å². The number of benzene rings is 1. The van der Waals surface area contributed by atoms with Crippen molar-refractivity contribution in [3.63, 3.8) is 0 Å². The van der Waals surface area contributed by atoms with Crippen LogP contribution in [-0.4, -0.2) is 32.8 Å². The number of nitrogens with zero attached hydrogens (tertiary/aromatic N) is 1. The summed E-state index contributed by atoms with van der Waals surface area (Å²) in [5.74, 6) is -1.96. The lowest BCUT2D eigenvalue weighted by Gasteiger charge is -2.27. The molecule has 1 heterocycles. The molecule has 150 valence electrons. The predicted octanol–water partition coefficient (Wildman–Crippen LogP) is 3.74. The molecule has 0 fully saturated rings. The first kappa shape index (κ1) is 21.2. The van der Waals surface area contributed by atoms with Crippen LogP contribution in [0.1, 0.15) is 20.8 Å². The van der Waals surface area contributed by atoms with Crippen molar-refractivity contribution in [2.75, 3.05) is 25.7 Å². The lowest BCUT2D eigenvalue weighted by atomic mass is 9.99. The first-order chi connectivity index (χ1) is 13.2. The first-order valence-corrected chi connectivity index (χ1v) is 8.66. The van der Waals surface area contributed by atoms with Crippen LogP contribution in [0, 0.1) is 11.2 Å². The van der Waals surface area contributed by atoms with Crippen molar-refractivity contribution in [1.29, 1.82) is 0 Å². The number of esters is 2. The Morgan fingerprint density at radius 3 is 2.36 bits per heavy atom. The van der Waals surface area contributed by atoms with Crippen molar-refractivity contribution in [3.8, 4) is 5.75 Å². The smallest absolute Gasteiger partial charge is 0.355 e. The van der Waals surface area contributed by atoms with Crippen LogP contribution in [0.15, 0.2) is 53.9 Å². The van der Waals surface area contributed by atoms with Gasteiger partial charge in [0, 0.05) is 6.20 Å². The number of allylic oxidation sites excluding steroid dienone is 2. The summed E-state index contributed by atoms with van der Waals surface area (Å²) >= 11 is 0. The van der Waals surface area contributed by atoms with Crippen LogP contribution in [0.5, 0.6) is 5.75 Å². The van der Waals surface area contributed by atoms with Gasteiger partial charge in [-0.25, -0.2) is 14.0 Å². The molecule has 0 saturated heterocycles. The molecule has 0 spiro atoms. The van der Waals surface area contributed by atoms with Gasteiger partial charge in [0.1, 0.15) is 17.1 Å². The molecule has 0 aromatic heterocycles. The largest absolute Gasteiger partial charge is 0.491 e. The van der Waals surface area contributed by atoms with Gasteiger partial charge in [-0.1, -0.05) is 32.9 Å².